The first kappa shape index (κ1) is 22.7. The number of hydrogen-bond donors (Lipinski definition) is 0. The summed E-state index contributed by atoms with van der Waals surface area (Å²) in [5.74, 6) is -2.44. The molecule has 0 atom stereocenters. The topological polar surface area (TPSA) is 59.1 Å². The molecule has 0 aromatic heterocycles. The Morgan fingerprint density at radius 3 is 1.31 bits per heavy atom. The summed E-state index contributed by atoms with van der Waals surface area (Å²) in [5, 5.41) is 0. The lowest BCUT2D eigenvalue weighted by Gasteiger charge is -2.27. The minimum absolute atomic E-state index is 0.0593. The molecule has 6 nitrogen and oxygen atoms in total. The fourth-order valence-electron chi connectivity index (χ4n) is 3.39. The molecule has 0 radical (unpaired) electrons. The Hall–Kier alpha value is -3.94. The Labute approximate surface area is 184 Å². The molecule has 0 N–H and O–H groups in total. The summed E-state index contributed by atoms with van der Waals surface area (Å²) >= 11 is 0. The van der Waals surface area contributed by atoms with E-state index in [1.165, 1.54) is 60.4 Å². The highest BCUT2D eigenvalue weighted by Crippen LogP contribution is 2.37. The van der Waals surface area contributed by atoms with Crippen LogP contribution in [0.25, 0.3) is 0 Å². The lowest BCUT2D eigenvalue weighted by Crippen LogP contribution is -2.21. The highest BCUT2D eigenvalue weighted by Gasteiger charge is 2.26. The number of anilines is 4. The summed E-state index contributed by atoms with van der Waals surface area (Å²) in [6.45, 7) is 0. The standard InChI is InChI=1S/C24H22F2N2O4/c1-27(19-11-7-5-9-17(19)25)21-13-16(24(30)32-4)22(14-15(21)23(29)31-3)28(2)20-12-8-6-10-18(20)26/h5-14H,1-4H3. The normalized spacial score (nSPS) is 10.4. The third-order valence-electron chi connectivity index (χ3n) is 5.07. The van der Waals surface area contributed by atoms with Crippen molar-refractivity contribution in [3.63, 3.8) is 0 Å². The molecule has 166 valence electrons. The van der Waals surface area contributed by atoms with E-state index in [0.29, 0.717) is 0 Å². The third kappa shape index (κ3) is 4.25. The van der Waals surface area contributed by atoms with Crippen molar-refractivity contribution >= 4 is 34.7 Å². The summed E-state index contributed by atoms with van der Waals surface area (Å²) in [7, 11) is 5.54. The van der Waals surface area contributed by atoms with Crippen LogP contribution in [0, 0.1) is 11.6 Å². The van der Waals surface area contributed by atoms with Gasteiger partial charge >= 0.3 is 11.9 Å². The number of rotatable bonds is 6. The van der Waals surface area contributed by atoms with E-state index >= 15 is 0 Å². The highest BCUT2D eigenvalue weighted by atomic mass is 19.1. The van der Waals surface area contributed by atoms with Gasteiger partial charge in [0.1, 0.15) is 11.6 Å². The van der Waals surface area contributed by atoms with E-state index in [1.807, 2.05) is 0 Å². The van der Waals surface area contributed by atoms with Crippen LogP contribution in [-0.4, -0.2) is 40.3 Å². The van der Waals surface area contributed by atoms with E-state index < -0.39 is 23.6 Å². The molecule has 0 aliphatic carbocycles. The van der Waals surface area contributed by atoms with Crippen molar-refractivity contribution in [1.82, 2.24) is 0 Å². The van der Waals surface area contributed by atoms with Crippen molar-refractivity contribution in [3.05, 3.63) is 83.4 Å². The Kier molecular flexibility index (Phi) is 6.73. The van der Waals surface area contributed by atoms with Crippen LogP contribution in [0.2, 0.25) is 0 Å². The second-order valence-corrected chi connectivity index (χ2v) is 6.89. The first-order chi connectivity index (χ1) is 15.3. The van der Waals surface area contributed by atoms with Crippen molar-refractivity contribution in [2.45, 2.75) is 0 Å². The number of hydrogen-bond acceptors (Lipinski definition) is 6. The monoisotopic (exact) mass is 440 g/mol. The number of benzene rings is 3. The zero-order valence-electron chi connectivity index (χ0n) is 18.1. The predicted octanol–water partition coefficient (Wildman–Crippen LogP) is 5.07. The molecule has 0 aliphatic rings. The Balaban J connectivity index is 2.27. The fraction of sp³-hybridized carbons (Fsp3) is 0.167. The van der Waals surface area contributed by atoms with Crippen LogP contribution in [0.1, 0.15) is 20.7 Å². The molecule has 0 bridgehead atoms. The van der Waals surface area contributed by atoms with Gasteiger partial charge in [0.2, 0.25) is 0 Å². The van der Waals surface area contributed by atoms with Crippen LogP contribution in [0.15, 0.2) is 60.7 Å². The zero-order valence-corrected chi connectivity index (χ0v) is 18.1. The van der Waals surface area contributed by atoms with Crippen molar-refractivity contribution in [1.29, 1.82) is 0 Å². The minimum Gasteiger partial charge on any atom is -0.465 e. The zero-order chi connectivity index (χ0) is 23.4. The molecular weight excluding hydrogens is 418 g/mol. The average molecular weight is 440 g/mol. The minimum atomic E-state index is -0.706. The summed E-state index contributed by atoms with van der Waals surface area (Å²) < 4.78 is 38.7. The number of carbonyl (C=O) groups excluding carboxylic acids is 2. The smallest absolute Gasteiger partial charge is 0.340 e. The molecular formula is C24H22F2N2O4. The van der Waals surface area contributed by atoms with E-state index in [0.717, 1.165) is 0 Å². The number of ether oxygens (including phenoxy) is 2. The van der Waals surface area contributed by atoms with Gasteiger partial charge in [-0.15, -0.1) is 0 Å². The van der Waals surface area contributed by atoms with Gasteiger partial charge in [-0.25, -0.2) is 18.4 Å². The van der Waals surface area contributed by atoms with Gasteiger partial charge < -0.3 is 19.3 Å². The summed E-state index contributed by atoms with van der Waals surface area (Å²) in [6, 6.07) is 14.8. The van der Waals surface area contributed by atoms with Gasteiger partial charge in [0, 0.05) is 14.1 Å². The van der Waals surface area contributed by atoms with Crippen LogP contribution >= 0.6 is 0 Å². The molecule has 3 aromatic rings. The van der Waals surface area contributed by atoms with E-state index in [2.05, 4.69) is 0 Å². The lowest BCUT2D eigenvalue weighted by atomic mass is 10.0. The van der Waals surface area contributed by atoms with E-state index in [4.69, 9.17) is 9.47 Å². The number of nitrogens with zero attached hydrogens (tertiary/aromatic N) is 2. The number of para-hydroxylation sites is 2. The van der Waals surface area contributed by atoms with Gasteiger partial charge in [0.05, 0.1) is 48.1 Å². The number of methoxy groups -OCH3 is 2. The molecule has 3 rings (SSSR count). The van der Waals surface area contributed by atoms with E-state index in [1.54, 1.807) is 38.4 Å². The molecule has 0 amide bonds. The SMILES string of the molecule is COC(=O)c1cc(N(C)c2ccccc2F)c(C(=O)OC)cc1N(C)c1ccccc1F. The lowest BCUT2D eigenvalue weighted by molar-refractivity contribution is 0.0588. The largest absolute Gasteiger partial charge is 0.465 e. The first-order valence-corrected chi connectivity index (χ1v) is 9.61. The molecule has 32 heavy (non-hydrogen) atoms. The quantitative estimate of drug-likeness (QED) is 0.499. The maximum Gasteiger partial charge on any atom is 0.340 e. The fourth-order valence-corrected chi connectivity index (χ4v) is 3.39. The second kappa shape index (κ2) is 9.47. The number of carbonyl (C=O) groups is 2. The maximum absolute atomic E-state index is 14.4. The molecule has 0 fully saturated rings. The molecule has 0 saturated heterocycles. The van der Waals surface area contributed by atoms with Crippen molar-refractivity contribution < 1.29 is 27.8 Å². The Morgan fingerprint density at radius 1 is 0.656 bits per heavy atom. The molecule has 3 aromatic carbocycles. The van der Waals surface area contributed by atoms with E-state index in [9.17, 15) is 18.4 Å². The Bertz CT molecular complexity index is 1080. The first-order valence-electron chi connectivity index (χ1n) is 9.61. The molecule has 8 heteroatoms. The molecule has 0 spiro atoms. The van der Waals surface area contributed by atoms with Crippen LogP contribution in [0.5, 0.6) is 0 Å². The van der Waals surface area contributed by atoms with Gasteiger partial charge in [-0.1, -0.05) is 24.3 Å². The van der Waals surface area contributed by atoms with E-state index in [-0.39, 0.29) is 33.9 Å². The van der Waals surface area contributed by atoms with Crippen LogP contribution in [-0.2, 0) is 9.47 Å². The van der Waals surface area contributed by atoms with Crippen LogP contribution in [0.3, 0.4) is 0 Å². The molecule has 0 saturated carbocycles. The van der Waals surface area contributed by atoms with Gasteiger partial charge in [0.15, 0.2) is 0 Å². The summed E-state index contributed by atoms with van der Waals surface area (Å²) in [6.07, 6.45) is 0. The van der Waals surface area contributed by atoms with Crippen molar-refractivity contribution in [2.24, 2.45) is 0 Å². The van der Waals surface area contributed by atoms with Gasteiger partial charge in [-0.05, 0) is 36.4 Å². The van der Waals surface area contributed by atoms with Crippen molar-refractivity contribution in [3.8, 4) is 0 Å². The average Bonchev–Trinajstić information content (AvgIpc) is 2.82. The maximum atomic E-state index is 14.4. The Morgan fingerprint density at radius 2 is 1.00 bits per heavy atom. The van der Waals surface area contributed by atoms with Crippen LogP contribution in [0.4, 0.5) is 31.5 Å². The molecule has 0 heterocycles. The van der Waals surface area contributed by atoms with Crippen LogP contribution < -0.4 is 9.80 Å². The number of halogens is 2. The van der Waals surface area contributed by atoms with Gasteiger partial charge in [-0.2, -0.15) is 0 Å². The summed E-state index contributed by atoms with van der Waals surface area (Å²) in [5.41, 5.74) is 0.918. The highest BCUT2D eigenvalue weighted by molar-refractivity contribution is 6.04. The second-order valence-electron chi connectivity index (χ2n) is 6.89. The molecule has 0 unspecified atom stereocenters. The summed E-state index contributed by atoms with van der Waals surface area (Å²) in [4.78, 5) is 28.1. The van der Waals surface area contributed by atoms with Gasteiger partial charge in [-0.3, -0.25) is 0 Å². The third-order valence-corrected chi connectivity index (χ3v) is 5.07. The van der Waals surface area contributed by atoms with Gasteiger partial charge in [0.25, 0.3) is 0 Å². The number of esters is 2. The van der Waals surface area contributed by atoms with Crippen molar-refractivity contribution in [2.75, 3.05) is 38.1 Å². The predicted molar refractivity (Wildman–Crippen MR) is 118 cm³/mol. The molecule has 0 aliphatic heterocycles.